The van der Waals surface area contributed by atoms with Crippen LogP contribution in [0.4, 0.5) is 0 Å². The first kappa shape index (κ1) is 36.9. The van der Waals surface area contributed by atoms with E-state index in [4.69, 9.17) is 14.2 Å². The number of aliphatic hydroxyl groups is 5. The van der Waals surface area contributed by atoms with Gasteiger partial charge in [0.25, 0.3) is 0 Å². The van der Waals surface area contributed by atoms with E-state index in [0.717, 1.165) is 5.57 Å². The highest BCUT2D eigenvalue weighted by Gasteiger charge is 2.73. The molecular weight excluding hydrogens is 620 g/mol. The van der Waals surface area contributed by atoms with Gasteiger partial charge in [0, 0.05) is 18.8 Å². The van der Waals surface area contributed by atoms with Gasteiger partial charge in [-0.3, -0.25) is 14.4 Å². The first-order valence-corrected chi connectivity index (χ1v) is 17.1. The number of hydrogen-bond donors (Lipinski definition) is 5. The van der Waals surface area contributed by atoms with E-state index in [1.165, 1.54) is 39.8 Å². The van der Waals surface area contributed by atoms with Gasteiger partial charge in [-0.2, -0.15) is 0 Å². The number of rotatable bonds is 7. The number of carbonyl (C=O) groups is 3. The summed E-state index contributed by atoms with van der Waals surface area (Å²) in [4.78, 5) is 38.9. The van der Waals surface area contributed by atoms with Gasteiger partial charge in [-0.25, -0.2) is 0 Å². The minimum absolute atomic E-state index is 0.0246. The smallest absolute Gasteiger partial charge is 0.303 e. The molecule has 2 saturated carbocycles. The zero-order valence-electron chi connectivity index (χ0n) is 29.6. The Morgan fingerprint density at radius 2 is 1.69 bits per heavy atom. The van der Waals surface area contributed by atoms with Crippen molar-refractivity contribution in [2.24, 2.45) is 39.4 Å². The average molecular weight is 675 g/mol. The van der Waals surface area contributed by atoms with E-state index in [1.54, 1.807) is 6.08 Å². The molecule has 0 aromatic carbocycles. The van der Waals surface area contributed by atoms with E-state index in [1.807, 2.05) is 13.8 Å². The molecule has 5 aliphatic rings. The van der Waals surface area contributed by atoms with Gasteiger partial charge in [-0.05, 0) is 94.6 Å². The number of fused-ring (bicyclic) bond motifs is 5. The van der Waals surface area contributed by atoms with Gasteiger partial charge in [0.05, 0.1) is 23.7 Å². The number of allylic oxidation sites excluding steroid dienone is 4. The Kier molecular flexibility index (Phi) is 9.09. The van der Waals surface area contributed by atoms with Crippen LogP contribution in [0.15, 0.2) is 35.6 Å². The molecule has 1 heterocycles. The van der Waals surface area contributed by atoms with E-state index in [0.29, 0.717) is 25.7 Å². The molecule has 4 aliphatic carbocycles. The third kappa shape index (κ3) is 5.62. The van der Waals surface area contributed by atoms with Crippen molar-refractivity contribution in [3.05, 3.63) is 35.6 Å². The molecule has 0 spiro atoms. The van der Waals surface area contributed by atoms with E-state index in [-0.39, 0.29) is 35.4 Å². The largest absolute Gasteiger partial charge is 0.505 e. The quantitative estimate of drug-likeness (QED) is 0.152. The van der Waals surface area contributed by atoms with Crippen LogP contribution in [-0.2, 0) is 28.6 Å². The van der Waals surface area contributed by atoms with Crippen molar-refractivity contribution in [1.82, 2.24) is 0 Å². The Balaban J connectivity index is 1.61. The second-order valence-electron chi connectivity index (χ2n) is 17.0. The van der Waals surface area contributed by atoms with Gasteiger partial charge in [-0.15, -0.1) is 0 Å². The summed E-state index contributed by atoms with van der Waals surface area (Å²) in [5.41, 5.74) is -4.81. The molecule has 0 bridgehead atoms. The molecule has 3 fully saturated rings. The zero-order valence-corrected chi connectivity index (χ0v) is 29.6. The van der Waals surface area contributed by atoms with Crippen LogP contribution in [0.2, 0.25) is 0 Å². The summed E-state index contributed by atoms with van der Waals surface area (Å²) in [5, 5.41) is 54.6. The molecule has 0 aromatic rings. The Hall–Kier alpha value is -2.41. The Morgan fingerprint density at radius 3 is 2.29 bits per heavy atom. The second-order valence-corrected chi connectivity index (χ2v) is 17.0. The van der Waals surface area contributed by atoms with Gasteiger partial charge in [0.15, 0.2) is 23.9 Å². The first-order chi connectivity index (χ1) is 21.9. The van der Waals surface area contributed by atoms with Crippen molar-refractivity contribution in [3.8, 4) is 0 Å². The molecule has 5 rings (SSSR count). The van der Waals surface area contributed by atoms with Gasteiger partial charge >= 0.3 is 5.97 Å². The molecule has 5 N–H and O–H groups in total. The maximum atomic E-state index is 13.9. The van der Waals surface area contributed by atoms with Crippen LogP contribution in [0.1, 0.15) is 88.0 Å². The average Bonchev–Trinajstić information content (AvgIpc) is 3.21. The lowest BCUT2D eigenvalue weighted by molar-refractivity contribution is -0.294. The van der Waals surface area contributed by atoms with Crippen molar-refractivity contribution in [2.45, 2.75) is 130 Å². The Morgan fingerprint density at radius 1 is 1.04 bits per heavy atom. The van der Waals surface area contributed by atoms with Crippen molar-refractivity contribution in [2.75, 3.05) is 6.61 Å². The summed E-state index contributed by atoms with van der Waals surface area (Å²) in [5.74, 6) is -2.88. The topological polar surface area (TPSA) is 180 Å². The molecule has 0 amide bonds. The van der Waals surface area contributed by atoms with E-state index in [9.17, 15) is 39.9 Å². The SMILES string of the molecule is CC(=O)O[C@H]1[C@H](OC2C[C@@]3(C)[C@@H]4CC=C5[C@@H](C=C(O)C(=O)C5(C)C)[C@]4(C)CC[C@]3(C)[C@H]2[C@@](C)(O)C(=O)/C=C/C(C)(C)O)OC[C@H](O)[C@@H]1O. The summed E-state index contributed by atoms with van der Waals surface area (Å²) in [6.45, 7) is 15.6. The number of aliphatic hydroxyl groups excluding tert-OH is 3. The van der Waals surface area contributed by atoms with Crippen molar-refractivity contribution in [1.29, 1.82) is 0 Å². The maximum Gasteiger partial charge on any atom is 0.303 e. The fourth-order valence-electron chi connectivity index (χ4n) is 10.3. The number of hydrogen-bond acceptors (Lipinski definition) is 11. The van der Waals surface area contributed by atoms with Crippen LogP contribution < -0.4 is 0 Å². The second kappa shape index (κ2) is 11.8. The molecule has 0 aromatic heterocycles. The predicted molar refractivity (Wildman–Crippen MR) is 174 cm³/mol. The van der Waals surface area contributed by atoms with Crippen LogP contribution in [-0.4, -0.2) is 91.6 Å². The van der Waals surface area contributed by atoms with Gasteiger partial charge in [0.2, 0.25) is 5.78 Å². The molecule has 12 atom stereocenters. The zero-order chi connectivity index (χ0) is 36.0. The number of ether oxygens (including phenoxy) is 3. The number of esters is 1. The molecule has 268 valence electrons. The molecule has 11 heteroatoms. The summed E-state index contributed by atoms with van der Waals surface area (Å²) < 4.78 is 17.8. The summed E-state index contributed by atoms with van der Waals surface area (Å²) in [7, 11) is 0. The standard InChI is InChI=1S/C37H54O11/c1-19(38)47-28-27(42)23(40)18-46-31(28)48-24-17-36(8)25-11-10-20-21(16-22(39)30(43)33(20,4)5)34(25,6)14-15-35(36,7)29(24)37(9,45)26(41)12-13-32(2,3)44/h10,12-13,16,21,23-25,27-29,31,39-40,42,44-45H,11,14-15,17-18H2,1-9H3/b13-12+/t21-,23+,24?,25-,27+,28-,29+,31+,34+,35-,36+,37+/m1/s1. The molecule has 0 radical (unpaired) electrons. The molecule has 48 heavy (non-hydrogen) atoms. The highest BCUT2D eigenvalue weighted by molar-refractivity contribution is 6.01. The lowest BCUT2D eigenvalue weighted by atomic mass is 9.39. The molecule has 11 nitrogen and oxygen atoms in total. The molecule has 1 aliphatic heterocycles. The minimum Gasteiger partial charge on any atom is -0.505 e. The molecular formula is C37H54O11. The summed E-state index contributed by atoms with van der Waals surface area (Å²) >= 11 is 0. The maximum absolute atomic E-state index is 13.9. The van der Waals surface area contributed by atoms with Crippen LogP contribution in [0, 0.1) is 39.4 Å². The van der Waals surface area contributed by atoms with Crippen molar-refractivity contribution < 1.29 is 54.1 Å². The van der Waals surface area contributed by atoms with Crippen molar-refractivity contribution >= 4 is 17.5 Å². The Bertz CT molecular complexity index is 1430. The molecule has 1 unspecified atom stereocenters. The normalized spacial score (nSPS) is 43.7. The fourth-order valence-corrected chi connectivity index (χ4v) is 10.3. The number of ketones is 2. The van der Waals surface area contributed by atoms with Crippen LogP contribution in [0.3, 0.4) is 0 Å². The monoisotopic (exact) mass is 674 g/mol. The van der Waals surface area contributed by atoms with Crippen molar-refractivity contribution in [3.63, 3.8) is 0 Å². The lowest BCUT2D eigenvalue weighted by Crippen LogP contribution is -2.61. The summed E-state index contributed by atoms with van der Waals surface area (Å²) in [6, 6.07) is 0. The minimum atomic E-state index is -1.98. The van der Waals surface area contributed by atoms with Gasteiger partial charge in [-0.1, -0.05) is 38.5 Å². The first-order valence-electron chi connectivity index (χ1n) is 17.1. The van der Waals surface area contributed by atoms with E-state index < -0.39 is 75.8 Å². The number of Topliss-reactive ketones (excluding diaryl/α,β-unsaturated/α-hetero) is 1. The predicted octanol–water partition coefficient (Wildman–Crippen LogP) is 3.47. The third-order valence-electron chi connectivity index (χ3n) is 13.0. The number of carbonyl (C=O) groups excluding carboxylic acids is 3. The lowest BCUT2D eigenvalue weighted by Gasteiger charge is -2.64. The van der Waals surface area contributed by atoms with Gasteiger partial charge < -0.3 is 39.7 Å². The highest BCUT2D eigenvalue weighted by Crippen LogP contribution is 2.75. The molecule has 1 saturated heterocycles. The Labute approximate surface area is 283 Å². The van der Waals surface area contributed by atoms with Crippen LogP contribution in [0.5, 0.6) is 0 Å². The third-order valence-corrected chi connectivity index (χ3v) is 13.0. The van der Waals surface area contributed by atoms with E-state index >= 15 is 0 Å². The van der Waals surface area contributed by atoms with Crippen LogP contribution >= 0.6 is 0 Å². The van der Waals surface area contributed by atoms with Crippen LogP contribution in [0.25, 0.3) is 0 Å². The highest BCUT2D eigenvalue weighted by atomic mass is 16.7. The van der Waals surface area contributed by atoms with E-state index in [2.05, 4.69) is 26.8 Å². The van der Waals surface area contributed by atoms with Gasteiger partial charge in [0.1, 0.15) is 17.8 Å². The summed E-state index contributed by atoms with van der Waals surface area (Å²) in [6.07, 6.45) is 2.34. The fraction of sp³-hybridized carbons (Fsp3) is 0.757.